The number of nitrogens with one attached hydrogen (secondary N) is 1. The first-order valence-electron chi connectivity index (χ1n) is 8.64. The van der Waals surface area contributed by atoms with Crippen molar-refractivity contribution in [3.63, 3.8) is 0 Å². The summed E-state index contributed by atoms with van der Waals surface area (Å²) in [7, 11) is 1.30. The molecule has 2 amide bonds. The Morgan fingerprint density at radius 1 is 1.26 bits per heavy atom. The topological polar surface area (TPSA) is 74.8 Å². The predicted molar refractivity (Wildman–Crippen MR) is 98.0 cm³/mol. The van der Waals surface area contributed by atoms with E-state index < -0.39 is 11.8 Å². The van der Waals surface area contributed by atoms with Gasteiger partial charge in [0.25, 0.3) is 0 Å². The molecule has 0 unspecified atom stereocenters. The summed E-state index contributed by atoms with van der Waals surface area (Å²) in [6.07, 6.45) is 1.40. The van der Waals surface area contributed by atoms with Crippen LogP contribution in [0.15, 0.2) is 42.6 Å². The fourth-order valence-electron chi connectivity index (χ4n) is 2.86. The van der Waals surface area contributed by atoms with E-state index in [1.54, 1.807) is 29.2 Å². The van der Waals surface area contributed by atoms with Gasteiger partial charge in [0.15, 0.2) is 0 Å². The highest BCUT2D eigenvalue weighted by Gasteiger charge is 2.24. The Labute approximate surface area is 156 Å². The second kappa shape index (κ2) is 8.59. The molecule has 1 N–H and O–H groups in total. The highest BCUT2D eigenvalue weighted by molar-refractivity contribution is 5.92. The summed E-state index contributed by atoms with van der Waals surface area (Å²) in [4.78, 5) is 32.0. The molecular formula is C19H21FN4O3. The van der Waals surface area contributed by atoms with Gasteiger partial charge in [-0.05, 0) is 30.3 Å². The lowest BCUT2D eigenvalue weighted by Crippen LogP contribution is -2.51. The highest BCUT2D eigenvalue weighted by Crippen LogP contribution is 2.20. The molecule has 0 bridgehead atoms. The second-order valence-corrected chi connectivity index (χ2v) is 6.12. The highest BCUT2D eigenvalue weighted by atomic mass is 19.1. The number of carbonyl (C=O) groups excluding carboxylic acids is 2. The minimum absolute atomic E-state index is 0.160. The van der Waals surface area contributed by atoms with Crippen LogP contribution in [-0.2, 0) is 11.3 Å². The van der Waals surface area contributed by atoms with Crippen molar-refractivity contribution in [2.75, 3.05) is 38.2 Å². The Bertz CT molecular complexity index is 807. The van der Waals surface area contributed by atoms with Crippen molar-refractivity contribution < 1.29 is 18.7 Å². The number of nitrogens with zero attached hydrogens (tertiary/aromatic N) is 3. The molecule has 0 aliphatic carbocycles. The Hall–Kier alpha value is -3.00. The van der Waals surface area contributed by atoms with E-state index in [1.807, 2.05) is 0 Å². The van der Waals surface area contributed by atoms with E-state index in [9.17, 15) is 14.0 Å². The molecule has 1 aromatic heterocycles. The molecule has 7 nitrogen and oxygen atoms in total. The first-order chi connectivity index (χ1) is 13.1. The SMILES string of the molecule is COC(=O)c1ccc(CN(C(=O)N2CCNCC2)c2cccc(F)c2)nc1. The lowest BCUT2D eigenvalue weighted by molar-refractivity contribution is 0.0600. The maximum Gasteiger partial charge on any atom is 0.339 e. The first-order valence-corrected chi connectivity index (χ1v) is 8.64. The normalized spacial score (nSPS) is 13.9. The molecule has 1 aliphatic rings. The lowest BCUT2D eigenvalue weighted by atomic mass is 10.2. The molecule has 27 heavy (non-hydrogen) atoms. The van der Waals surface area contributed by atoms with Gasteiger partial charge in [-0.2, -0.15) is 0 Å². The Morgan fingerprint density at radius 3 is 2.67 bits per heavy atom. The standard InChI is InChI=1S/C19H21FN4O3/c1-27-18(25)14-5-6-16(22-12-14)13-24(17-4-2-3-15(20)11-17)19(26)23-9-7-21-8-10-23/h2-6,11-12,21H,7-10,13H2,1H3. The molecule has 142 valence electrons. The van der Waals surface area contributed by atoms with Gasteiger partial charge in [-0.25, -0.2) is 14.0 Å². The molecule has 1 aromatic carbocycles. The van der Waals surface area contributed by atoms with Gasteiger partial charge in [0.05, 0.1) is 24.9 Å². The summed E-state index contributed by atoms with van der Waals surface area (Å²) in [5, 5.41) is 3.20. The van der Waals surface area contributed by atoms with Crippen molar-refractivity contribution >= 4 is 17.7 Å². The maximum absolute atomic E-state index is 13.7. The van der Waals surface area contributed by atoms with E-state index in [4.69, 9.17) is 0 Å². The summed E-state index contributed by atoms with van der Waals surface area (Å²) in [6, 6.07) is 8.95. The van der Waals surface area contributed by atoms with Crippen LogP contribution in [0, 0.1) is 5.82 Å². The van der Waals surface area contributed by atoms with Crippen LogP contribution in [0.3, 0.4) is 0 Å². The molecule has 0 spiro atoms. The van der Waals surface area contributed by atoms with E-state index in [0.29, 0.717) is 30.0 Å². The fraction of sp³-hybridized carbons (Fsp3) is 0.316. The molecule has 1 saturated heterocycles. The third-order valence-corrected chi connectivity index (χ3v) is 4.30. The van der Waals surface area contributed by atoms with Gasteiger partial charge < -0.3 is 15.0 Å². The van der Waals surface area contributed by atoms with Crippen molar-refractivity contribution in [3.05, 3.63) is 59.7 Å². The smallest absolute Gasteiger partial charge is 0.339 e. The van der Waals surface area contributed by atoms with Crippen LogP contribution in [0.25, 0.3) is 0 Å². The van der Waals surface area contributed by atoms with E-state index in [2.05, 4.69) is 15.0 Å². The number of piperazine rings is 1. The summed E-state index contributed by atoms with van der Waals surface area (Å²) in [6.45, 7) is 2.76. The van der Waals surface area contributed by atoms with Crippen molar-refractivity contribution in [3.8, 4) is 0 Å². The van der Waals surface area contributed by atoms with Gasteiger partial charge in [0.1, 0.15) is 5.82 Å². The van der Waals surface area contributed by atoms with E-state index in [0.717, 1.165) is 13.1 Å². The molecule has 1 aliphatic heterocycles. The summed E-state index contributed by atoms with van der Waals surface area (Å²) in [5.74, 6) is -0.896. The summed E-state index contributed by atoms with van der Waals surface area (Å²) >= 11 is 0. The van der Waals surface area contributed by atoms with Crippen LogP contribution in [0.1, 0.15) is 16.1 Å². The minimum Gasteiger partial charge on any atom is -0.465 e. The molecule has 2 heterocycles. The number of esters is 1. The number of amides is 2. The van der Waals surface area contributed by atoms with Gasteiger partial charge in [0, 0.05) is 38.1 Å². The van der Waals surface area contributed by atoms with Crippen LogP contribution in [0.5, 0.6) is 0 Å². The molecule has 0 atom stereocenters. The van der Waals surface area contributed by atoms with Crippen molar-refractivity contribution in [1.82, 2.24) is 15.2 Å². The molecule has 0 radical (unpaired) electrons. The number of benzene rings is 1. The average molecular weight is 372 g/mol. The van der Waals surface area contributed by atoms with Gasteiger partial charge in [-0.3, -0.25) is 9.88 Å². The van der Waals surface area contributed by atoms with Crippen molar-refractivity contribution in [2.24, 2.45) is 0 Å². The number of hydrogen-bond donors (Lipinski definition) is 1. The van der Waals surface area contributed by atoms with E-state index in [-0.39, 0.29) is 12.6 Å². The molecule has 2 aromatic rings. The van der Waals surface area contributed by atoms with Crippen LogP contribution in [0.4, 0.5) is 14.9 Å². The van der Waals surface area contributed by atoms with Crippen LogP contribution >= 0.6 is 0 Å². The van der Waals surface area contributed by atoms with Gasteiger partial charge in [0.2, 0.25) is 0 Å². The number of methoxy groups -OCH3 is 1. The number of ether oxygens (including phenoxy) is 1. The van der Waals surface area contributed by atoms with Crippen LogP contribution in [-0.4, -0.2) is 55.2 Å². The number of rotatable bonds is 4. The first kappa shape index (κ1) is 18.8. The molecular weight excluding hydrogens is 351 g/mol. The summed E-state index contributed by atoms with van der Waals surface area (Å²) in [5.41, 5.74) is 1.36. The molecule has 8 heteroatoms. The maximum atomic E-state index is 13.7. The zero-order valence-corrected chi connectivity index (χ0v) is 15.0. The van der Waals surface area contributed by atoms with Crippen LogP contribution in [0.2, 0.25) is 0 Å². The number of pyridine rings is 1. The largest absolute Gasteiger partial charge is 0.465 e. The number of urea groups is 1. The number of halogens is 1. The third-order valence-electron chi connectivity index (χ3n) is 4.30. The number of hydrogen-bond acceptors (Lipinski definition) is 5. The van der Waals surface area contributed by atoms with Gasteiger partial charge >= 0.3 is 12.0 Å². The second-order valence-electron chi connectivity index (χ2n) is 6.12. The zero-order chi connectivity index (χ0) is 19.2. The Morgan fingerprint density at radius 2 is 2.04 bits per heavy atom. The molecule has 1 fully saturated rings. The lowest BCUT2D eigenvalue weighted by Gasteiger charge is -2.33. The van der Waals surface area contributed by atoms with Crippen molar-refractivity contribution in [2.45, 2.75) is 6.54 Å². The molecule has 3 rings (SSSR count). The quantitative estimate of drug-likeness (QED) is 0.832. The average Bonchev–Trinajstić information content (AvgIpc) is 2.72. The number of carbonyl (C=O) groups is 2. The Kier molecular flexibility index (Phi) is 5.97. The zero-order valence-electron chi connectivity index (χ0n) is 15.0. The van der Waals surface area contributed by atoms with Crippen LogP contribution < -0.4 is 10.2 Å². The monoisotopic (exact) mass is 372 g/mol. The number of aromatic nitrogens is 1. The van der Waals surface area contributed by atoms with E-state index in [1.165, 1.54) is 30.3 Å². The van der Waals surface area contributed by atoms with E-state index >= 15 is 0 Å². The molecule has 0 saturated carbocycles. The van der Waals surface area contributed by atoms with Crippen molar-refractivity contribution in [1.29, 1.82) is 0 Å². The number of anilines is 1. The third kappa shape index (κ3) is 4.59. The van der Waals surface area contributed by atoms with Gasteiger partial charge in [-0.15, -0.1) is 0 Å². The minimum atomic E-state index is -0.479. The predicted octanol–water partition coefficient (Wildman–Crippen LogP) is 2.04. The Balaban J connectivity index is 1.85. The van der Waals surface area contributed by atoms with Gasteiger partial charge in [-0.1, -0.05) is 6.07 Å². The fourth-order valence-corrected chi connectivity index (χ4v) is 2.86. The summed E-state index contributed by atoms with van der Waals surface area (Å²) < 4.78 is 18.4.